The molecule has 4 atom stereocenters. The minimum atomic E-state index is 0.421. The molecule has 0 aliphatic heterocycles. The molecule has 4 rings (SSSR count). The van der Waals surface area contributed by atoms with E-state index in [0.29, 0.717) is 21.7 Å². The van der Waals surface area contributed by atoms with Crippen molar-refractivity contribution in [3.05, 3.63) is 22.0 Å². The Hall–Kier alpha value is 0.180. The largest absolute Gasteiger partial charge is 0.0698 e. The summed E-state index contributed by atoms with van der Waals surface area (Å²) in [6, 6.07) is 0. The SMILES string of the molecule is CC1(C)[C@H]2C=C(SSC3=C[C@H]4CC[C@]3(C)C4(C)C)[C@]1(C)CC2. The first kappa shape index (κ1) is 15.7. The third-order valence-corrected chi connectivity index (χ3v) is 11.6. The Bertz CT molecular complexity index is 531. The van der Waals surface area contributed by atoms with Crippen LogP contribution in [0.1, 0.15) is 67.2 Å². The highest BCUT2D eigenvalue weighted by atomic mass is 33.1. The molecule has 0 saturated heterocycles. The van der Waals surface area contributed by atoms with E-state index in [1.54, 1.807) is 9.81 Å². The molecule has 122 valence electrons. The molecule has 0 aromatic carbocycles. The molecule has 4 aliphatic rings. The van der Waals surface area contributed by atoms with Crippen molar-refractivity contribution in [2.75, 3.05) is 0 Å². The molecule has 22 heavy (non-hydrogen) atoms. The van der Waals surface area contributed by atoms with E-state index >= 15 is 0 Å². The summed E-state index contributed by atoms with van der Waals surface area (Å²) in [5, 5.41) is 0. The summed E-state index contributed by atoms with van der Waals surface area (Å²) in [6.45, 7) is 15.0. The molecule has 0 radical (unpaired) electrons. The van der Waals surface area contributed by atoms with Crippen LogP contribution in [0, 0.1) is 33.5 Å². The molecule has 2 heteroatoms. The van der Waals surface area contributed by atoms with E-state index in [-0.39, 0.29) is 0 Å². The zero-order chi connectivity index (χ0) is 16.0. The predicted octanol–water partition coefficient (Wildman–Crippen LogP) is 7.05. The van der Waals surface area contributed by atoms with Gasteiger partial charge in [0.05, 0.1) is 0 Å². The fraction of sp³-hybridized carbons (Fsp3) is 0.800. The van der Waals surface area contributed by atoms with Crippen LogP contribution in [0.25, 0.3) is 0 Å². The second kappa shape index (κ2) is 4.42. The normalized spacial score (nSPS) is 47.0. The Balaban J connectivity index is 1.52. The molecule has 0 amide bonds. The van der Waals surface area contributed by atoms with Gasteiger partial charge < -0.3 is 0 Å². The zero-order valence-corrected chi connectivity index (χ0v) is 16.6. The highest BCUT2D eigenvalue weighted by Crippen LogP contribution is 2.72. The third-order valence-electron chi connectivity index (χ3n) is 8.62. The van der Waals surface area contributed by atoms with E-state index < -0.39 is 0 Å². The van der Waals surface area contributed by atoms with Gasteiger partial charge in [-0.15, -0.1) is 0 Å². The molecule has 0 heterocycles. The number of hydrogen-bond acceptors (Lipinski definition) is 2. The van der Waals surface area contributed by atoms with Crippen molar-refractivity contribution in [2.45, 2.75) is 67.2 Å². The lowest BCUT2D eigenvalue weighted by Gasteiger charge is -2.39. The van der Waals surface area contributed by atoms with E-state index in [4.69, 9.17) is 0 Å². The fourth-order valence-corrected chi connectivity index (χ4v) is 9.29. The van der Waals surface area contributed by atoms with E-state index in [0.717, 1.165) is 11.8 Å². The molecular formula is C20H30S2. The van der Waals surface area contributed by atoms with Crippen molar-refractivity contribution in [3.8, 4) is 0 Å². The summed E-state index contributed by atoms with van der Waals surface area (Å²) >= 11 is 0. The van der Waals surface area contributed by atoms with Crippen LogP contribution in [0.15, 0.2) is 22.0 Å². The van der Waals surface area contributed by atoms with Crippen LogP contribution in [0.5, 0.6) is 0 Å². The topological polar surface area (TPSA) is 0 Å². The molecule has 0 nitrogen and oxygen atoms in total. The van der Waals surface area contributed by atoms with Crippen LogP contribution >= 0.6 is 21.6 Å². The van der Waals surface area contributed by atoms with Crippen molar-refractivity contribution < 1.29 is 0 Å². The van der Waals surface area contributed by atoms with Gasteiger partial charge in [0.15, 0.2) is 0 Å². The Labute approximate surface area is 144 Å². The summed E-state index contributed by atoms with van der Waals surface area (Å²) in [5.74, 6) is 1.61. The Kier molecular flexibility index (Phi) is 3.15. The maximum absolute atomic E-state index is 2.61. The summed E-state index contributed by atoms with van der Waals surface area (Å²) in [7, 11) is 4.19. The first-order valence-corrected chi connectivity index (χ1v) is 11.1. The molecule has 2 fully saturated rings. The highest BCUT2D eigenvalue weighted by Gasteiger charge is 2.59. The van der Waals surface area contributed by atoms with Gasteiger partial charge in [0.1, 0.15) is 0 Å². The summed E-state index contributed by atoms with van der Waals surface area (Å²) < 4.78 is 0. The maximum Gasteiger partial charge on any atom is 0.00470 e. The van der Waals surface area contributed by atoms with E-state index in [9.17, 15) is 0 Å². The first-order valence-electron chi connectivity index (χ1n) is 8.92. The first-order chi connectivity index (χ1) is 10.1. The Morgan fingerprint density at radius 1 is 0.727 bits per heavy atom. The highest BCUT2D eigenvalue weighted by molar-refractivity contribution is 8.79. The second-order valence-electron chi connectivity index (χ2n) is 9.63. The van der Waals surface area contributed by atoms with Gasteiger partial charge in [-0.3, -0.25) is 0 Å². The summed E-state index contributed by atoms with van der Waals surface area (Å²) in [5.41, 5.74) is 1.76. The molecule has 0 aromatic rings. The molecule has 0 unspecified atom stereocenters. The molecule has 0 N–H and O–H groups in total. The van der Waals surface area contributed by atoms with Crippen LogP contribution in [-0.4, -0.2) is 0 Å². The molecule has 0 spiro atoms. The lowest BCUT2D eigenvalue weighted by molar-refractivity contribution is 0.178. The minimum absolute atomic E-state index is 0.421. The van der Waals surface area contributed by atoms with Crippen LogP contribution in [0.3, 0.4) is 0 Å². The maximum atomic E-state index is 2.61. The third kappa shape index (κ3) is 1.64. The quantitative estimate of drug-likeness (QED) is 0.507. The molecule has 4 aliphatic carbocycles. The number of fused-ring (bicyclic) bond motifs is 4. The van der Waals surface area contributed by atoms with Crippen molar-refractivity contribution in [1.29, 1.82) is 0 Å². The van der Waals surface area contributed by atoms with E-state index in [2.05, 4.69) is 75.3 Å². The van der Waals surface area contributed by atoms with Crippen molar-refractivity contribution in [2.24, 2.45) is 33.5 Å². The van der Waals surface area contributed by atoms with Crippen molar-refractivity contribution in [1.82, 2.24) is 0 Å². The van der Waals surface area contributed by atoms with Gasteiger partial charge >= 0.3 is 0 Å². The van der Waals surface area contributed by atoms with Crippen LogP contribution in [-0.2, 0) is 0 Å². The number of hydrogen-bond donors (Lipinski definition) is 0. The van der Waals surface area contributed by atoms with Gasteiger partial charge in [-0.05, 0) is 58.2 Å². The lowest BCUT2D eigenvalue weighted by atomic mass is 9.70. The average Bonchev–Trinajstić information content (AvgIpc) is 2.95. The Morgan fingerprint density at radius 2 is 1.09 bits per heavy atom. The molecule has 2 saturated carbocycles. The van der Waals surface area contributed by atoms with Gasteiger partial charge in [0, 0.05) is 10.8 Å². The average molecular weight is 335 g/mol. The number of rotatable bonds is 3. The van der Waals surface area contributed by atoms with E-state index in [1.807, 2.05) is 0 Å². The molecule has 0 aromatic heterocycles. The molecular weight excluding hydrogens is 304 g/mol. The van der Waals surface area contributed by atoms with Crippen molar-refractivity contribution in [3.63, 3.8) is 0 Å². The smallest absolute Gasteiger partial charge is 0.00470 e. The fourth-order valence-electron chi connectivity index (χ4n) is 5.60. The number of allylic oxidation sites excluding steroid dienone is 4. The minimum Gasteiger partial charge on any atom is -0.0698 e. The lowest BCUT2D eigenvalue weighted by Crippen LogP contribution is -2.30. The van der Waals surface area contributed by atoms with Gasteiger partial charge in [0.2, 0.25) is 0 Å². The summed E-state index contributed by atoms with van der Waals surface area (Å²) in [6.07, 6.45) is 10.8. The van der Waals surface area contributed by atoms with Crippen LogP contribution in [0.2, 0.25) is 0 Å². The predicted molar refractivity (Wildman–Crippen MR) is 101 cm³/mol. The van der Waals surface area contributed by atoms with Gasteiger partial charge in [-0.1, -0.05) is 75.3 Å². The van der Waals surface area contributed by atoms with Gasteiger partial charge in [-0.25, -0.2) is 0 Å². The van der Waals surface area contributed by atoms with Gasteiger partial charge in [0.25, 0.3) is 0 Å². The van der Waals surface area contributed by atoms with Crippen LogP contribution < -0.4 is 0 Å². The van der Waals surface area contributed by atoms with Gasteiger partial charge in [-0.2, -0.15) is 0 Å². The standard InChI is InChI=1S/C20H30S2/c1-17(2)13-7-9-19(17,5)15(11-13)21-22-16-12-14-8-10-20(16,6)18(14,3)4/h11-14H,7-10H2,1-6H3/t13-,14-,19+,20+/m1/s1. The second-order valence-corrected chi connectivity index (χ2v) is 11.8. The summed E-state index contributed by atoms with van der Waals surface area (Å²) in [4.78, 5) is 3.34. The zero-order valence-electron chi connectivity index (χ0n) is 15.0. The van der Waals surface area contributed by atoms with Crippen LogP contribution in [0.4, 0.5) is 0 Å². The van der Waals surface area contributed by atoms with E-state index in [1.165, 1.54) is 25.7 Å². The monoisotopic (exact) mass is 334 g/mol. The molecule has 4 bridgehead atoms. The Morgan fingerprint density at radius 3 is 1.32 bits per heavy atom. The van der Waals surface area contributed by atoms with Crippen molar-refractivity contribution >= 4 is 21.6 Å².